The number of ketones is 1. The van der Waals surface area contributed by atoms with Crippen LogP contribution in [0, 0.1) is 0 Å². The van der Waals surface area contributed by atoms with Crippen LogP contribution in [0.2, 0.25) is 0 Å². The minimum Gasteiger partial charge on any atom is -0.469 e. The van der Waals surface area contributed by atoms with Crippen LogP contribution < -0.4 is 0 Å². The number of hydrogen-bond acceptors (Lipinski definition) is 4. The average molecular weight is 322 g/mol. The van der Waals surface area contributed by atoms with Crippen LogP contribution in [0.3, 0.4) is 0 Å². The molecule has 0 N–H and O–H groups in total. The summed E-state index contributed by atoms with van der Waals surface area (Å²) in [6, 6.07) is 0. The smallest absolute Gasteiger partial charge is 0.305 e. The molecule has 0 fully saturated rings. The monoisotopic (exact) mass is 322 g/mol. The lowest BCUT2D eigenvalue weighted by molar-refractivity contribution is -0.140. The molecule has 0 aromatic carbocycles. The van der Waals surface area contributed by atoms with Gasteiger partial charge in [0.05, 0.1) is 13.2 Å². The Morgan fingerprint density at radius 3 is 2.30 bits per heavy atom. The molecule has 0 rings (SSSR count). The van der Waals surface area contributed by atoms with Crippen molar-refractivity contribution in [1.29, 1.82) is 0 Å². The highest BCUT2D eigenvalue weighted by atomic mass is 16.5. The highest BCUT2D eigenvalue weighted by molar-refractivity contribution is 5.89. The lowest BCUT2D eigenvalue weighted by Gasteiger charge is -2.07. The number of allylic oxidation sites excluding steroid dienone is 5. The molecule has 0 aromatic heterocycles. The molecule has 4 heteroatoms. The van der Waals surface area contributed by atoms with E-state index in [0.29, 0.717) is 12.8 Å². The maximum atomic E-state index is 11.6. The first-order chi connectivity index (χ1) is 11.1. The van der Waals surface area contributed by atoms with Gasteiger partial charge in [-0.2, -0.15) is 0 Å². The molecule has 4 nitrogen and oxygen atoms in total. The molecular weight excluding hydrogens is 292 g/mol. The number of methoxy groups -OCH3 is 2. The molecule has 0 saturated carbocycles. The van der Waals surface area contributed by atoms with E-state index in [0.717, 1.165) is 32.1 Å². The van der Waals surface area contributed by atoms with Crippen molar-refractivity contribution in [2.75, 3.05) is 14.2 Å². The Labute approximate surface area is 140 Å². The largest absolute Gasteiger partial charge is 0.469 e. The third kappa shape index (κ3) is 13.7. The summed E-state index contributed by atoms with van der Waals surface area (Å²) in [5.41, 5.74) is 0. The van der Waals surface area contributed by atoms with Gasteiger partial charge in [0, 0.05) is 20.0 Å². The predicted octanol–water partition coefficient (Wildman–Crippen LogP) is 4.16. The van der Waals surface area contributed by atoms with E-state index in [2.05, 4.69) is 11.7 Å². The number of rotatable bonds is 13. The number of esters is 1. The molecule has 0 aliphatic carbocycles. The van der Waals surface area contributed by atoms with Crippen molar-refractivity contribution in [3.8, 4) is 0 Å². The Morgan fingerprint density at radius 2 is 1.65 bits per heavy atom. The normalized spacial score (nSPS) is 13.2. The standard InChI is InChI=1S/C19H30O4/c1-4-12-18(22-2)15-10-6-5-8-13-17(20)14-9-7-11-16-19(21)23-3/h5-6,8,10,13,15,18H,4,7,9,11-12,14,16H2,1-3H3. The fraction of sp³-hybridized carbons (Fsp3) is 0.579. The van der Waals surface area contributed by atoms with Gasteiger partial charge in [0.2, 0.25) is 0 Å². The SMILES string of the molecule is CCCC(C=CC=CC=CC(=O)CCCCCC(=O)OC)OC. The zero-order valence-corrected chi connectivity index (χ0v) is 14.6. The molecule has 0 spiro atoms. The van der Waals surface area contributed by atoms with Crippen molar-refractivity contribution in [2.24, 2.45) is 0 Å². The second-order valence-electron chi connectivity index (χ2n) is 5.29. The van der Waals surface area contributed by atoms with Crippen LogP contribution in [-0.2, 0) is 19.1 Å². The lowest BCUT2D eigenvalue weighted by Crippen LogP contribution is -2.05. The first-order valence-corrected chi connectivity index (χ1v) is 8.28. The fourth-order valence-corrected chi connectivity index (χ4v) is 1.99. The van der Waals surface area contributed by atoms with Gasteiger partial charge in [0.15, 0.2) is 5.78 Å². The Hall–Kier alpha value is -1.68. The van der Waals surface area contributed by atoms with Crippen LogP contribution in [-0.4, -0.2) is 32.1 Å². The fourth-order valence-electron chi connectivity index (χ4n) is 1.99. The Kier molecular flexibility index (Phi) is 14.1. The number of carbonyl (C=O) groups excluding carboxylic acids is 2. The van der Waals surface area contributed by atoms with Crippen molar-refractivity contribution in [1.82, 2.24) is 0 Å². The average Bonchev–Trinajstić information content (AvgIpc) is 2.56. The maximum Gasteiger partial charge on any atom is 0.305 e. The molecule has 0 bridgehead atoms. The summed E-state index contributed by atoms with van der Waals surface area (Å²) in [4.78, 5) is 22.5. The van der Waals surface area contributed by atoms with Crippen LogP contribution >= 0.6 is 0 Å². The predicted molar refractivity (Wildman–Crippen MR) is 93.2 cm³/mol. The summed E-state index contributed by atoms with van der Waals surface area (Å²) in [6.45, 7) is 2.12. The van der Waals surface area contributed by atoms with Crippen molar-refractivity contribution < 1.29 is 19.1 Å². The molecule has 0 radical (unpaired) electrons. The Balaban J connectivity index is 3.81. The first-order valence-electron chi connectivity index (χ1n) is 8.28. The van der Waals surface area contributed by atoms with Crippen LogP contribution in [0.15, 0.2) is 36.5 Å². The molecule has 0 aliphatic rings. The minimum absolute atomic E-state index is 0.109. The van der Waals surface area contributed by atoms with Gasteiger partial charge < -0.3 is 9.47 Å². The third-order valence-electron chi connectivity index (χ3n) is 3.35. The van der Waals surface area contributed by atoms with E-state index in [-0.39, 0.29) is 17.9 Å². The molecule has 1 atom stereocenters. The van der Waals surface area contributed by atoms with E-state index in [1.165, 1.54) is 7.11 Å². The summed E-state index contributed by atoms with van der Waals surface area (Å²) in [5.74, 6) is -0.0819. The zero-order chi connectivity index (χ0) is 17.3. The molecule has 0 heterocycles. The highest BCUT2D eigenvalue weighted by Gasteiger charge is 2.01. The van der Waals surface area contributed by atoms with E-state index in [4.69, 9.17) is 4.74 Å². The van der Waals surface area contributed by atoms with Gasteiger partial charge in [-0.15, -0.1) is 0 Å². The van der Waals surface area contributed by atoms with Crippen LogP contribution in [0.1, 0.15) is 51.9 Å². The third-order valence-corrected chi connectivity index (χ3v) is 3.35. The van der Waals surface area contributed by atoms with Crippen molar-refractivity contribution >= 4 is 11.8 Å². The molecule has 1 unspecified atom stereocenters. The van der Waals surface area contributed by atoms with Crippen LogP contribution in [0.25, 0.3) is 0 Å². The van der Waals surface area contributed by atoms with Crippen LogP contribution in [0.4, 0.5) is 0 Å². The van der Waals surface area contributed by atoms with E-state index in [9.17, 15) is 9.59 Å². The van der Waals surface area contributed by atoms with E-state index >= 15 is 0 Å². The number of unbranched alkanes of at least 4 members (excludes halogenated alkanes) is 2. The zero-order valence-electron chi connectivity index (χ0n) is 14.6. The van der Waals surface area contributed by atoms with Gasteiger partial charge in [-0.05, 0) is 25.3 Å². The van der Waals surface area contributed by atoms with E-state index in [1.54, 1.807) is 19.3 Å². The van der Waals surface area contributed by atoms with Crippen molar-refractivity contribution in [3.05, 3.63) is 36.5 Å². The molecule has 23 heavy (non-hydrogen) atoms. The highest BCUT2D eigenvalue weighted by Crippen LogP contribution is 2.05. The molecular formula is C19H30O4. The van der Waals surface area contributed by atoms with E-state index in [1.807, 2.05) is 24.3 Å². The molecule has 0 aromatic rings. The second kappa shape index (κ2) is 15.2. The number of ether oxygens (including phenoxy) is 2. The van der Waals surface area contributed by atoms with E-state index < -0.39 is 0 Å². The number of hydrogen-bond donors (Lipinski definition) is 0. The summed E-state index contributed by atoms with van der Waals surface area (Å²) in [5, 5.41) is 0. The second-order valence-corrected chi connectivity index (χ2v) is 5.29. The quantitative estimate of drug-likeness (QED) is 0.221. The van der Waals surface area contributed by atoms with Gasteiger partial charge >= 0.3 is 5.97 Å². The summed E-state index contributed by atoms with van der Waals surface area (Å²) in [7, 11) is 3.09. The molecule has 130 valence electrons. The number of carbonyl (C=O) groups is 2. The molecule has 0 saturated heterocycles. The topological polar surface area (TPSA) is 52.6 Å². The van der Waals surface area contributed by atoms with Gasteiger partial charge in [-0.1, -0.05) is 50.1 Å². The molecule has 0 aliphatic heterocycles. The summed E-state index contributed by atoms with van der Waals surface area (Å²) in [6.07, 6.45) is 16.6. The molecule has 0 amide bonds. The van der Waals surface area contributed by atoms with Crippen molar-refractivity contribution in [3.63, 3.8) is 0 Å². The maximum absolute atomic E-state index is 11.6. The van der Waals surface area contributed by atoms with Crippen LogP contribution in [0.5, 0.6) is 0 Å². The Bertz CT molecular complexity index is 408. The van der Waals surface area contributed by atoms with Gasteiger partial charge in [0.25, 0.3) is 0 Å². The van der Waals surface area contributed by atoms with Gasteiger partial charge in [-0.25, -0.2) is 0 Å². The lowest BCUT2D eigenvalue weighted by atomic mass is 10.1. The summed E-state index contributed by atoms with van der Waals surface area (Å²) < 4.78 is 9.86. The van der Waals surface area contributed by atoms with Gasteiger partial charge in [-0.3, -0.25) is 9.59 Å². The van der Waals surface area contributed by atoms with Crippen molar-refractivity contribution in [2.45, 2.75) is 58.0 Å². The Morgan fingerprint density at radius 1 is 0.957 bits per heavy atom. The minimum atomic E-state index is -0.191. The first kappa shape index (κ1) is 21.3. The van der Waals surface area contributed by atoms with Gasteiger partial charge in [0.1, 0.15) is 0 Å². The summed E-state index contributed by atoms with van der Waals surface area (Å²) >= 11 is 0.